The first kappa shape index (κ1) is 19.3. The van der Waals surface area contributed by atoms with Gasteiger partial charge in [-0.15, -0.1) is 0 Å². The number of phenols is 1. The molecule has 0 aliphatic carbocycles. The summed E-state index contributed by atoms with van der Waals surface area (Å²) in [6, 6.07) is 13.4. The Labute approximate surface area is 161 Å². The van der Waals surface area contributed by atoms with Crippen LogP contribution in [-0.2, 0) is 6.42 Å². The minimum Gasteiger partial charge on any atom is -0.506 e. The van der Waals surface area contributed by atoms with Crippen molar-refractivity contribution in [2.24, 2.45) is 0 Å². The minimum absolute atomic E-state index is 0.200. The summed E-state index contributed by atoms with van der Waals surface area (Å²) in [5.74, 6) is 0.200. The van der Waals surface area contributed by atoms with Crippen LogP contribution in [0.5, 0.6) is 5.75 Å². The third-order valence-electron chi connectivity index (χ3n) is 5.10. The summed E-state index contributed by atoms with van der Waals surface area (Å²) < 4.78 is 0. The Balaban J connectivity index is 1.84. The maximum Gasteiger partial charge on any atom is 0.142 e. The van der Waals surface area contributed by atoms with Gasteiger partial charge >= 0.3 is 0 Å². The van der Waals surface area contributed by atoms with Crippen molar-refractivity contribution < 1.29 is 5.11 Å². The van der Waals surface area contributed by atoms with Crippen LogP contribution in [0.2, 0.25) is 0 Å². The van der Waals surface area contributed by atoms with Crippen molar-refractivity contribution in [1.29, 1.82) is 0 Å². The predicted octanol–water partition coefficient (Wildman–Crippen LogP) is 5.05. The second kappa shape index (κ2) is 8.49. The highest BCUT2D eigenvalue weighted by molar-refractivity contribution is 5.89. The highest BCUT2D eigenvalue weighted by Crippen LogP contribution is 2.32. The SMILES string of the molecule is CC(C)N(CCCc1ccccc1-c1cc(O)c2ncncc2c1)C(C)C. The largest absolute Gasteiger partial charge is 0.506 e. The number of phenolic OH excluding ortho intramolecular Hbond substituents is 1. The number of nitrogens with zero attached hydrogens (tertiary/aromatic N) is 3. The van der Waals surface area contributed by atoms with E-state index in [-0.39, 0.29) is 5.75 Å². The smallest absolute Gasteiger partial charge is 0.142 e. The van der Waals surface area contributed by atoms with Crippen LogP contribution in [0.25, 0.3) is 22.0 Å². The van der Waals surface area contributed by atoms with Gasteiger partial charge in [-0.3, -0.25) is 4.90 Å². The summed E-state index contributed by atoms with van der Waals surface area (Å²) in [5.41, 5.74) is 4.07. The van der Waals surface area contributed by atoms with E-state index in [1.54, 1.807) is 6.20 Å². The zero-order chi connectivity index (χ0) is 19.4. The van der Waals surface area contributed by atoms with Gasteiger partial charge in [0.1, 0.15) is 17.6 Å². The van der Waals surface area contributed by atoms with E-state index in [0.29, 0.717) is 17.6 Å². The van der Waals surface area contributed by atoms with E-state index in [2.05, 4.69) is 72.9 Å². The van der Waals surface area contributed by atoms with E-state index in [9.17, 15) is 5.11 Å². The molecule has 0 atom stereocenters. The van der Waals surface area contributed by atoms with Crippen molar-refractivity contribution in [3.8, 4) is 16.9 Å². The Morgan fingerprint density at radius 3 is 2.52 bits per heavy atom. The van der Waals surface area contributed by atoms with E-state index in [1.165, 1.54) is 17.5 Å². The fourth-order valence-corrected chi connectivity index (χ4v) is 3.83. The predicted molar refractivity (Wildman–Crippen MR) is 112 cm³/mol. The van der Waals surface area contributed by atoms with Crippen LogP contribution >= 0.6 is 0 Å². The van der Waals surface area contributed by atoms with E-state index in [0.717, 1.165) is 30.3 Å². The Bertz CT molecular complexity index is 897. The first-order chi connectivity index (χ1) is 13.0. The molecule has 1 heterocycles. The molecule has 3 aromatic rings. The number of fused-ring (bicyclic) bond motifs is 1. The van der Waals surface area contributed by atoms with Gasteiger partial charge in [0.15, 0.2) is 0 Å². The first-order valence-corrected chi connectivity index (χ1v) is 9.74. The first-order valence-electron chi connectivity index (χ1n) is 9.74. The van der Waals surface area contributed by atoms with Gasteiger partial charge in [-0.05, 0) is 75.9 Å². The number of hydrogen-bond donors (Lipinski definition) is 1. The molecule has 142 valence electrons. The molecule has 1 N–H and O–H groups in total. The summed E-state index contributed by atoms with van der Waals surface area (Å²) in [7, 11) is 0. The summed E-state index contributed by atoms with van der Waals surface area (Å²) in [6.07, 6.45) is 5.33. The lowest BCUT2D eigenvalue weighted by molar-refractivity contribution is 0.173. The molecule has 0 saturated heterocycles. The molecule has 0 unspecified atom stereocenters. The summed E-state index contributed by atoms with van der Waals surface area (Å²) >= 11 is 0. The van der Waals surface area contributed by atoms with Crippen LogP contribution in [0.4, 0.5) is 0 Å². The molecule has 1 aromatic heterocycles. The zero-order valence-corrected chi connectivity index (χ0v) is 16.7. The lowest BCUT2D eigenvalue weighted by Crippen LogP contribution is -2.37. The number of hydrogen-bond acceptors (Lipinski definition) is 4. The number of aryl methyl sites for hydroxylation is 1. The molecule has 0 spiro atoms. The van der Waals surface area contributed by atoms with Gasteiger partial charge in [-0.1, -0.05) is 24.3 Å². The maximum absolute atomic E-state index is 10.4. The molecule has 0 fully saturated rings. The third kappa shape index (κ3) is 4.45. The lowest BCUT2D eigenvalue weighted by atomic mass is 9.95. The standard InChI is InChI=1S/C23H29N3O/c1-16(2)26(17(3)4)11-7-9-18-8-5-6-10-21(18)19-12-20-14-24-15-25-23(20)22(27)13-19/h5-6,8,10,12-17,27H,7,9,11H2,1-4H3. The average Bonchev–Trinajstić information content (AvgIpc) is 2.65. The molecule has 0 saturated carbocycles. The maximum atomic E-state index is 10.4. The van der Waals surface area contributed by atoms with Crippen molar-refractivity contribution >= 4 is 10.9 Å². The summed E-state index contributed by atoms with van der Waals surface area (Å²) in [6.45, 7) is 10.1. The van der Waals surface area contributed by atoms with Gasteiger partial charge in [-0.2, -0.15) is 0 Å². The van der Waals surface area contributed by atoms with Crippen LogP contribution in [0.3, 0.4) is 0 Å². The molecule has 0 bridgehead atoms. The Morgan fingerprint density at radius 1 is 1.04 bits per heavy atom. The Kier molecular flexibility index (Phi) is 6.07. The molecular weight excluding hydrogens is 334 g/mol. The van der Waals surface area contributed by atoms with Crippen molar-refractivity contribution in [1.82, 2.24) is 14.9 Å². The van der Waals surface area contributed by atoms with Gasteiger partial charge in [0, 0.05) is 23.7 Å². The average molecular weight is 364 g/mol. The second-order valence-corrected chi connectivity index (χ2v) is 7.64. The molecular formula is C23H29N3O. The van der Waals surface area contributed by atoms with E-state index < -0.39 is 0 Å². The minimum atomic E-state index is 0.200. The van der Waals surface area contributed by atoms with Gasteiger partial charge in [0.25, 0.3) is 0 Å². The number of benzene rings is 2. The van der Waals surface area contributed by atoms with Crippen molar-refractivity contribution in [3.05, 3.63) is 54.5 Å². The fourth-order valence-electron chi connectivity index (χ4n) is 3.83. The molecule has 4 nitrogen and oxygen atoms in total. The molecule has 0 aliphatic rings. The molecule has 4 heteroatoms. The van der Waals surface area contributed by atoms with Crippen LogP contribution in [0, 0.1) is 0 Å². The number of aromatic nitrogens is 2. The highest BCUT2D eigenvalue weighted by atomic mass is 16.3. The molecule has 3 rings (SSSR count). The van der Waals surface area contributed by atoms with Crippen molar-refractivity contribution in [3.63, 3.8) is 0 Å². The van der Waals surface area contributed by atoms with E-state index >= 15 is 0 Å². The quantitative estimate of drug-likeness (QED) is 0.638. The van der Waals surface area contributed by atoms with Crippen molar-refractivity contribution in [2.75, 3.05) is 6.54 Å². The highest BCUT2D eigenvalue weighted by Gasteiger charge is 2.14. The van der Waals surface area contributed by atoms with E-state index in [1.807, 2.05) is 6.07 Å². The Morgan fingerprint density at radius 2 is 1.78 bits per heavy atom. The van der Waals surface area contributed by atoms with Gasteiger partial charge in [-0.25, -0.2) is 9.97 Å². The fraction of sp³-hybridized carbons (Fsp3) is 0.391. The third-order valence-corrected chi connectivity index (χ3v) is 5.10. The molecule has 2 aromatic carbocycles. The summed E-state index contributed by atoms with van der Waals surface area (Å²) in [5, 5.41) is 11.2. The molecule has 0 amide bonds. The lowest BCUT2D eigenvalue weighted by Gasteiger charge is -2.30. The van der Waals surface area contributed by atoms with Crippen LogP contribution < -0.4 is 0 Å². The summed E-state index contributed by atoms with van der Waals surface area (Å²) in [4.78, 5) is 10.8. The van der Waals surface area contributed by atoms with Crippen molar-refractivity contribution in [2.45, 2.75) is 52.6 Å². The Hall–Kier alpha value is -2.46. The van der Waals surface area contributed by atoms with Gasteiger partial charge in [0.2, 0.25) is 0 Å². The van der Waals surface area contributed by atoms with Crippen LogP contribution in [-0.4, -0.2) is 38.6 Å². The monoisotopic (exact) mass is 363 g/mol. The molecule has 0 aliphatic heterocycles. The molecule has 27 heavy (non-hydrogen) atoms. The zero-order valence-electron chi connectivity index (χ0n) is 16.7. The topological polar surface area (TPSA) is 49.2 Å². The molecule has 0 radical (unpaired) electrons. The van der Waals surface area contributed by atoms with Crippen LogP contribution in [0.15, 0.2) is 48.9 Å². The normalized spacial score (nSPS) is 11.8. The number of rotatable bonds is 7. The second-order valence-electron chi connectivity index (χ2n) is 7.64. The van der Waals surface area contributed by atoms with Crippen LogP contribution in [0.1, 0.15) is 39.7 Å². The van der Waals surface area contributed by atoms with Gasteiger partial charge < -0.3 is 5.11 Å². The number of aromatic hydroxyl groups is 1. The van der Waals surface area contributed by atoms with Gasteiger partial charge in [0.05, 0.1) is 0 Å². The van der Waals surface area contributed by atoms with E-state index in [4.69, 9.17) is 0 Å².